The Morgan fingerprint density at radius 3 is 2.36 bits per heavy atom. The van der Waals surface area contributed by atoms with Crippen molar-refractivity contribution in [1.82, 2.24) is 9.21 Å². The number of carbonyl (C=O) groups is 2. The zero-order chi connectivity index (χ0) is 18.8. The van der Waals surface area contributed by atoms with Crippen molar-refractivity contribution >= 4 is 21.9 Å². The van der Waals surface area contributed by atoms with Gasteiger partial charge in [0.1, 0.15) is 16.8 Å². The van der Waals surface area contributed by atoms with Gasteiger partial charge in [-0.05, 0) is 31.9 Å². The van der Waals surface area contributed by atoms with Gasteiger partial charge in [0.2, 0.25) is 15.9 Å². The Morgan fingerprint density at radius 2 is 1.84 bits per heavy atom. The van der Waals surface area contributed by atoms with Gasteiger partial charge in [-0.1, -0.05) is 12.1 Å². The first-order chi connectivity index (χ1) is 11.7. The number of sulfonamides is 1. The molecule has 9 heteroatoms. The number of hydrogen-bond acceptors (Lipinski definition) is 4. The van der Waals surface area contributed by atoms with Gasteiger partial charge in [-0.2, -0.15) is 4.31 Å². The van der Waals surface area contributed by atoms with Crippen LogP contribution in [0.3, 0.4) is 0 Å². The molecule has 138 valence electrons. The van der Waals surface area contributed by atoms with Crippen molar-refractivity contribution in [3.63, 3.8) is 0 Å². The van der Waals surface area contributed by atoms with E-state index in [0.29, 0.717) is 0 Å². The average molecular weight is 372 g/mol. The fourth-order valence-electron chi connectivity index (χ4n) is 2.78. The van der Waals surface area contributed by atoms with Crippen LogP contribution in [0, 0.1) is 11.7 Å². The van der Waals surface area contributed by atoms with E-state index >= 15 is 0 Å². The summed E-state index contributed by atoms with van der Waals surface area (Å²) >= 11 is 0. The Morgan fingerprint density at radius 1 is 1.28 bits per heavy atom. The van der Waals surface area contributed by atoms with E-state index < -0.39 is 33.8 Å². The lowest BCUT2D eigenvalue weighted by Crippen LogP contribution is -2.47. The summed E-state index contributed by atoms with van der Waals surface area (Å²) in [5.41, 5.74) is 0. The lowest BCUT2D eigenvalue weighted by Gasteiger charge is -2.33. The maximum absolute atomic E-state index is 13.8. The normalized spacial score (nSPS) is 17.9. The molecule has 1 aromatic carbocycles. The average Bonchev–Trinajstić information content (AvgIpc) is 2.60. The van der Waals surface area contributed by atoms with Crippen molar-refractivity contribution in [2.24, 2.45) is 5.92 Å². The van der Waals surface area contributed by atoms with E-state index in [0.717, 1.165) is 15.3 Å². The maximum Gasteiger partial charge on any atom is 0.326 e. The molecule has 0 aromatic heterocycles. The molecule has 7 nitrogen and oxygen atoms in total. The number of aliphatic carboxylic acids is 1. The third kappa shape index (κ3) is 3.98. The van der Waals surface area contributed by atoms with Gasteiger partial charge in [-0.25, -0.2) is 17.6 Å². The lowest BCUT2D eigenvalue weighted by atomic mass is 9.96. The summed E-state index contributed by atoms with van der Waals surface area (Å²) in [6, 6.07) is 4.22. The van der Waals surface area contributed by atoms with Crippen LogP contribution in [-0.2, 0) is 19.6 Å². The number of carboxylic acid groups (broad SMARTS) is 1. The number of amides is 1. The van der Waals surface area contributed by atoms with Crippen molar-refractivity contribution in [2.75, 3.05) is 20.1 Å². The molecule has 25 heavy (non-hydrogen) atoms. The monoisotopic (exact) mass is 372 g/mol. The van der Waals surface area contributed by atoms with E-state index in [2.05, 4.69) is 0 Å². The minimum atomic E-state index is -3.95. The smallest absolute Gasteiger partial charge is 0.326 e. The topological polar surface area (TPSA) is 95.0 Å². The van der Waals surface area contributed by atoms with Crippen molar-refractivity contribution < 1.29 is 27.5 Å². The molecule has 0 radical (unpaired) electrons. The highest BCUT2D eigenvalue weighted by atomic mass is 32.2. The molecule has 1 fully saturated rings. The number of hydrogen-bond donors (Lipinski definition) is 1. The highest BCUT2D eigenvalue weighted by Gasteiger charge is 2.35. The summed E-state index contributed by atoms with van der Waals surface area (Å²) in [5, 5.41) is 8.98. The van der Waals surface area contributed by atoms with Crippen LogP contribution in [0.15, 0.2) is 29.2 Å². The molecule has 0 bridgehead atoms. The second-order valence-corrected chi connectivity index (χ2v) is 7.98. The number of piperidine rings is 1. The molecule has 1 atom stereocenters. The molecular formula is C16H21FN2O5S. The Hall–Kier alpha value is -2.00. The van der Waals surface area contributed by atoms with Crippen molar-refractivity contribution in [2.45, 2.75) is 30.7 Å². The Bertz CT molecular complexity index is 760. The number of carboxylic acids is 1. The van der Waals surface area contributed by atoms with Gasteiger partial charge >= 0.3 is 5.97 Å². The summed E-state index contributed by atoms with van der Waals surface area (Å²) in [7, 11) is -2.53. The fraction of sp³-hybridized carbons (Fsp3) is 0.500. The number of likely N-dealkylation sites (N-methyl/N-ethyl adjacent to an activating group) is 1. The van der Waals surface area contributed by atoms with Gasteiger partial charge in [0.25, 0.3) is 0 Å². The van der Waals surface area contributed by atoms with E-state index in [1.165, 1.54) is 32.2 Å². The van der Waals surface area contributed by atoms with Crippen molar-refractivity contribution in [1.29, 1.82) is 0 Å². The molecule has 1 heterocycles. The number of carbonyl (C=O) groups excluding carboxylic acids is 1. The van der Waals surface area contributed by atoms with Crippen LogP contribution < -0.4 is 0 Å². The first-order valence-electron chi connectivity index (χ1n) is 7.90. The Labute approximate surface area is 146 Å². The zero-order valence-corrected chi connectivity index (χ0v) is 14.9. The van der Waals surface area contributed by atoms with Gasteiger partial charge in [-0.3, -0.25) is 4.79 Å². The Balaban J connectivity index is 2.06. The minimum absolute atomic E-state index is 0.0857. The van der Waals surface area contributed by atoms with Crippen LogP contribution in [0.5, 0.6) is 0 Å². The quantitative estimate of drug-likeness (QED) is 0.837. The minimum Gasteiger partial charge on any atom is -0.480 e. The van der Waals surface area contributed by atoms with E-state index in [-0.39, 0.29) is 36.7 Å². The summed E-state index contributed by atoms with van der Waals surface area (Å²) < 4.78 is 40.0. The van der Waals surface area contributed by atoms with Crippen molar-refractivity contribution in [3.05, 3.63) is 30.1 Å². The molecule has 2 rings (SSSR count). The van der Waals surface area contributed by atoms with Gasteiger partial charge in [0.15, 0.2) is 0 Å². The van der Waals surface area contributed by atoms with Gasteiger partial charge in [-0.15, -0.1) is 0 Å². The van der Waals surface area contributed by atoms with Gasteiger partial charge < -0.3 is 10.0 Å². The number of benzene rings is 1. The van der Waals surface area contributed by atoms with Crippen LogP contribution in [0.4, 0.5) is 4.39 Å². The molecule has 0 spiro atoms. The fourth-order valence-corrected chi connectivity index (χ4v) is 4.32. The predicted molar refractivity (Wildman–Crippen MR) is 87.8 cm³/mol. The molecule has 0 aliphatic carbocycles. The molecule has 1 aliphatic rings. The van der Waals surface area contributed by atoms with Crippen LogP contribution in [0.2, 0.25) is 0 Å². The maximum atomic E-state index is 13.8. The second-order valence-electron chi connectivity index (χ2n) is 6.07. The standard InChI is InChI=1S/C16H21FN2O5S/c1-11(16(21)22)18(2)15(20)12-7-9-19(10-8-12)25(23,24)14-6-4-3-5-13(14)17/h3-6,11-12H,7-10H2,1-2H3,(H,21,22). The van der Waals surface area contributed by atoms with E-state index in [1.807, 2.05) is 0 Å². The highest BCUT2D eigenvalue weighted by Crippen LogP contribution is 2.26. The number of halogens is 1. The summed E-state index contributed by atoms with van der Waals surface area (Å²) in [6.45, 7) is 1.59. The molecule has 1 saturated heterocycles. The SMILES string of the molecule is CC(C(=O)O)N(C)C(=O)C1CCN(S(=O)(=O)c2ccccc2F)CC1. The number of nitrogens with zero attached hydrogens (tertiary/aromatic N) is 2. The predicted octanol–water partition coefficient (Wildman–Crippen LogP) is 1.16. The molecule has 1 N–H and O–H groups in total. The summed E-state index contributed by atoms with van der Waals surface area (Å²) in [5.74, 6) is -2.68. The van der Waals surface area contributed by atoms with Crippen molar-refractivity contribution in [3.8, 4) is 0 Å². The third-order valence-electron chi connectivity index (χ3n) is 4.54. The molecule has 0 saturated carbocycles. The van der Waals surface area contributed by atoms with Crippen LogP contribution in [0.1, 0.15) is 19.8 Å². The van der Waals surface area contributed by atoms with Gasteiger partial charge in [0.05, 0.1) is 0 Å². The van der Waals surface area contributed by atoms with Crippen LogP contribution in [-0.4, -0.2) is 60.8 Å². The van der Waals surface area contributed by atoms with E-state index in [9.17, 15) is 22.4 Å². The molecule has 1 amide bonds. The number of rotatable bonds is 5. The van der Waals surface area contributed by atoms with Crippen LogP contribution >= 0.6 is 0 Å². The summed E-state index contributed by atoms with van der Waals surface area (Å²) in [6.07, 6.45) is 0.534. The zero-order valence-electron chi connectivity index (χ0n) is 14.1. The largest absolute Gasteiger partial charge is 0.480 e. The summed E-state index contributed by atoms with van der Waals surface area (Å²) in [4.78, 5) is 24.1. The van der Waals surface area contributed by atoms with E-state index in [4.69, 9.17) is 5.11 Å². The molecule has 1 aromatic rings. The van der Waals surface area contributed by atoms with Crippen LogP contribution in [0.25, 0.3) is 0 Å². The first-order valence-corrected chi connectivity index (χ1v) is 9.34. The molecule has 1 unspecified atom stereocenters. The molecule has 1 aliphatic heterocycles. The molecular weight excluding hydrogens is 351 g/mol. The van der Waals surface area contributed by atoms with E-state index in [1.54, 1.807) is 0 Å². The van der Waals surface area contributed by atoms with Gasteiger partial charge in [0, 0.05) is 26.1 Å². The second kappa shape index (κ2) is 7.49. The Kier molecular flexibility index (Phi) is 5.79. The first kappa shape index (κ1) is 19.3. The third-order valence-corrected chi connectivity index (χ3v) is 6.48. The lowest BCUT2D eigenvalue weighted by molar-refractivity contribution is -0.150. The highest BCUT2D eigenvalue weighted by molar-refractivity contribution is 7.89.